The molecule has 1 aromatic carbocycles. The average Bonchev–Trinajstić information content (AvgIpc) is 2.79. The summed E-state index contributed by atoms with van der Waals surface area (Å²) >= 11 is 0. The number of piperazine rings is 1. The van der Waals surface area contributed by atoms with Crippen LogP contribution in [0, 0.1) is 10.1 Å². The Labute approximate surface area is 169 Å². The third-order valence-corrected chi connectivity index (χ3v) is 5.72. The summed E-state index contributed by atoms with van der Waals surface area (Å²) in [5.41, 5.74) is 0.333. The van der Waals surface area contributed by atoms with Crippen molar-refractivity contribution in [2.45, 2.75) is 18.9 Å². The quantitative estimate of drug-likeness (QED) is 0.574. The fourth-order valence-corrected chi connectivity index (χ4v) is 4.11. The predicted octanol–water partition coefficient (Wildman–Crippen LogP) is 1.81. The number of hydrogen-bond donors (Lipinski definition) is 0. The van der Waals surface area contributed by atoms with Gasteiger partial charge >= 0.3 is 0 Å². The molecule has 4 rings (SSSR count). The van der Waals surface area contributed by atoms with Crippen LogP contribution in [0.3, 0.4) is 0 Å². The third kappa shape index (κ3) is 4.34. The smallest absolute Gasteiger partial charge is 0.270 e. The van der Waals surface area contributed by atoms with Crippen molar-refractivity contribution in [1.82, 2.24) is 19.8 Å². The van der Waals surface area contributed by atoms with E-state index in [1.165, 1.54) is 12.1 Å². The zero-order valence-corrected chi connectivity index (χ0v) is 16.2. The molecule has 2 aromatic rings. The highest BCUT2D eigenvalue weighted by Gasteiger charge is 2.30. The number of hydrogen-bond acceptors (Lipinski definition) is 7. The van der Waals surface area contributed by atoms with E-state index in [0.717, 1.165) is 45.0 Å². The monoisotopic (exact) mass is 396 g/mol. The van der Waals surface area contributed by atoms with Gasteiger partial charge in [0.1, 0.15) is 0 Å². The number of carbonyl (C=O) groups excluding carboxylic acids is 1. The van der Waals surface area contributed by atoms with Crippen LogP contribution in [-0.2, 0) is 0 Å². The molecule has 2 aliphatic heterocycles. The first kappa shape index (κ1) is 19.3. The van der Waals surface area contributed by atoms with Gasteiger partial charge in [0.15, 0.2) is 0 Å². The number of amides is 1. The Kier molecular flexibility index (Phi) is 5.66. The minimum atomic E-state index is -0.469. The molecule has 2 saturated heterocycles. The second-order valence-electron chi connectivity index (χ2n) is 7.40. The molecule has 0 aliphatic carbocycles. The Morgan fingerprint density at radius 3 is 2.34 bits per heavy atom. The number of nitro groups is 1. The molecule has 0 atom stereocenters. The fourth-order valence-electron chi connectivity index (χ4n) is 4.11. The van der Waals surface area contributed by atoms with Gasteiger partial charge in [-0.05, 0) is 25.0 Å². The minimum Gasteiger partial charge on any atom is -0.339 e. The average molecular weight is 396 g/mol. The normalized spacial score (nSPS) is 18.6. The van der Waals surface area contributed by atoms with Crippen molar-refractivity contribution in [1.29, 1.82) is 0 Å². The molecule has 9 heteroatoms. The van der Waals surface area contributed by atoms with Crippen LogP contribution in [-0.4, -0.2) is 75.9 Å². The van der Waals surface area contributed by atoms with Crippen molar-refractivity contribution >= 4 is 17.5 Å². The van der Waals surface area contributed by atoms with Gasteiger partial charge in [0, 0.05) is 75.4 Å². The zero-order chi connectivity index (χ0) is 20.2. The van der Waals surface area contributed by atoms with Gasteiger partial charge in [0.25, 0.3) is 11.6 Å². The zero-order valence-electron chi connectivity index (χ0n) is 16.2. The van der Waals surface area contributed by atoms with Crippen LogP contribution < -0.4 is 4.90 Å². The van der Waals surface area contributed by atoms with Crippen LogP contribution in [0.2, 0.25) is 0 Å². The number of aromatic nitrogens is 2. The third-order valence-electron chi connectivity index (χ3n) is 5.72. The highest BCUT2D eigenvalue weighted by molar-refractivity contribution is 5.94. The largest absolute Gasteiger partial charge is 0.339 e. The first-order valence-corrected chi connectivity index (χ1v) is 9.91. The molecule has 0 radical (unpaired) electrons. The number of nitrogens with zero attached hydrogens (tertiary/aromatic N) is 6. The van der Waals surface area contributed by atoms with Gasteiger partial charge in [-0.2, -0.15) is 0 Å². The maximum Gasteiger partial charge on any atom is 0.270 e. The lowest BCUT2D eigenvalue weighted by Gasteiger charge is -2.42. The van der Waals surface area contributed by atoms with E-state index < -0.39 is 4.92 Å². The van der Waals surface area contributed by atoms with E-state index in [1.54, 1.807) is 24.5 Å². The van der Waals surface area contributed by atoms with Crippen LogP contribution in [0.1, 0.15) is 23.2 Å². The first-order chi connectivity index (χ1) is 14.1. The van der Waals surface area contributed by atoms with E-state index in [9.17, 15) is 14.9 Å². The SMILES string of the molecule is O=C(c1cccc([N+](=O)[O-])c1)N1CCC(N2CCN(c3ncccn3)CC2)CC1. The predicted molar refractivity (Wildman–Crippen MR) is 108 cm³/mol. The molecule has 1 amide bonds. The number of non-ortho nitro benzene ring substituents is 1. The van der Waals surface area contributed by atoms with E-state index in [4.69, 9.17) is 0 Å². The number of likely N-dealkylation sites (tertiary alicyclic amines) is 1. The Morgan fingerprint density at radius 1 is 1.00 bits per heavy atom. The molecule has 0 spiro atoms. The van der Waals surface area contributed by atoms with Crippen LogP contribution in [0.25, 0.3) is 0 Å². The number of piperidine rings is 1. The van der Waals surface area contributed by atoms with Crippen molar-refractivity contribution in [3.63, 3.8) is 0 Å². The summed E-state index contributed by atoms with van der Waals surface area (Å²) in [6.45, 7) is 5.07. The topological polar surface area (TPSA) is 95.7 Å². The molecule has 0 unspecified atom stereocenters. The number of rotatable bonds is 4. The van der Waals surface area contributed by atoms with Gasteiger partial charge in [-0.3, -0.25) is 19.8 Å². The molecule has 0 N–H and O–H groups in total. The van der Waals surface area contributed by atoms with Crippen molar-refractivity contribution in [3.05, 3.63) is 58.4 Å². The lowest BCUT2D eigenvalue weighted by Crippen LogP contribution is -2.54. The van der Waals surface area contributed by atoms with Gasteiger partial charge in [0.2, 0.25) is 5.95 Å². The maximum atomic E-state index is 12.7. The van der Waals surface area contributed by atoms with Crippen LogP contribution in [0.4, 0.5) is 11.6 Å². The Bertz CT molecular complexity index is 862. The van der Waals surface area contributed by atoms with Crippen LogP contribution in [0.15, 0.2) is 42.7 Å². The minimum absolute atomic E-state index is 0.0500. The van der Waals surface area contributed by atoms with Gasteiger partial charge in [0.05, 0.1) is 4.92 Å². The lowest BCUT2D eigenvalue weighted by atomic mass is 10.0. The van der Waals surface area contributed by atoms with E-state index in [2.05, 4.69) is 19.8 Å². The molecule has 0 saturated carbocycles. The molecule has 3 heterocycles. The number of carbonyl (C=O) groups is 1. The summed E-state index contributed by atoms with van der Waals surface area (Å²) in [6.07, 6.45) is 5.37. The van der Waals surface area contributed by atoms with E-state index >= 15 is 0 Å². The van der Waals surface area contributed by atoms with E-state index in [0.29, 0.717) is 24.7 Å². The summed E-state index contributed by atoms with van der Waals surface area (Å²) in [5.74, 6) is 0.655. The summed E-state index contributed by atoms with van der Waals surface area (Å²) < 4.78 is 0. The summed E-state index contributed by atoms with van der Waals surface area (Å²) in [4.78, 5) is 38.4. The van der Waals surface area contributed by atoms with Crippen molar-refractivity contribution in [3.8, 4) is 0 Å². The summed E-state index contributed by atoms with van der Waals surface area (Å²) in [6, 6.07) is 8.26. The van der Waals surface area contributed by atoms with Crippen LogP contribution >= 0.6 is 0 Å². The highest BCUT2D eigenvalue weighted by atomic mass is 16.6. The molecular formula is C20H24N6O3. The molecule has 9 nitrogen and oxygen atoms in total. The van der Waals surface area contributed by atoms with Gasteiger partial charge in [-0.15, -0.1) is 0 Å². The number of benzene rings is 1. The summed E-state index contributed by atoms with van der Waals surface area (Å²) in [7, 11) is 0. The van der Waals surface area contributed by atoms with Crippen molar-refractivity contribution < 1.29 is 9.72 Å². The van der Waals surface area contributed by atoms with Crippen molar-refractivity contribution in [2.75, 3.05) is 44.2 Å². The van der Waals surface area contributed by atoms with E-state index in [1.807, 2.05) is 11.0 Å². The van der Waals surface area contributed by atoms with Crippen molar-refractivity contribution in [2.24, 2.45) is 0 Å². The molecule has 29 heavy (non-hydrogen) atoms. The standard InChI is InChI=1S/C20H24N6O3/c27-19(16-3-1-4-18(15-16)26(28)29)24-9-5-17(6-10-24)23-11-13-25(14-12-23)20-21-7-2-8-22-20/h1-4,7-8,15,17H,5-6,9-14H2. The first-order valence-electron chi connectivity index (χ1n) is 9.91. The molecule has 2 fully saturated rings. The van der Waals surface area contributed by atoms with E-state index in [-0.39, 0.29) is 11.6 Å². The Balaban J connectivity index is 1.29. The second-order valence-corrected chi connectivity index (χ2v) is 7.40. The lowest BCUT2D eigenvalue weighted by molar-refractivity contribution is -0.384. The molecule has 2 aliphatic rings. The molecule has 1 aromatic heterocycles. The maximum absolute atomic E-state index is 12.7. The summed E-state index contributed by atoms with van der Waals surface area (Å²) in [5, 5.41) is 10.9. The molecule has 0 bridgehead atoms. The fraction of sp³-hybridized carbons (Fsp3) is 0.450. The molecule has 152 valence electrons. The van der Waals surface area contributed by atoms with Gasteiger partial charge in [-0.25, -0.2) is 9.97 Å². The van der Waals surface area contributed by atoms with Gasteiger partial charge in [-0.1, -0.05) is 6.07 Å². The highest BCUT2D eigenvalue weighted by Crippen LogP contribution is 2.22. The second kappa shape index (κ2) is 8.52. The van der Waals surface area contributed by atoms with Crippen LogP contribution in [0.5, 0.6) is 0 Å². The van der Waals surface area contributed by atoms with Gasteiger partial charge < -0.3 is 9.80 Å². The number of nitro benzene ring substituents is 1. The molecular weight excluding hydrogens is 372 g/mol. The Hall–Kier alpha value is -3.07. The number of anilines is 1. The Morgan fingerprint density at radius 2 is 1.69 bits per heavy atom.